The van der Waals surface area contributed by atoms with Gasteiger partial charge >= 0.3 is 0 Å². The van der Waals surface area contributed by atoms with Gasteiger partial charge in [-0.25, -0.2) is 0 Å². The van der Waals surface area contributed by atoms with E-state index >= 15 is 0 Å². The van der Waals surface area contributed by atoms with Crippen LogP contribution < -0.4 is 0 Å². The second kappa shape index (κ2) is 7.82. The molecular formula is C19H29N3O. The maximum atomic E-state index is 10.9. The van der Waals surface area contributed by atoms with Gasteiger partial charge in [0.15, 0.2) is 0 Å². The summed E-state index contributed by atoms with van der Waals surface area (Å²) in [4.78, 5) is 4.37. The molecular weight excluding hydrogens is 286 g/mol. The zero-order valence-corrected chi connectivity index (χ0v) is 14.4. The van der Waals surface area contributed by atoms with Crippen molar-refractivity contribution in [3.63, 3.8) is 0 Å². The first-order chi connectivity index (χ1) is 11.0. The topological polar surface area (TPSA) is 80.8 Å². The summed E-state index contributed by atoms with van der Waals surface area (Å²) in [5.41, 5.74) is 2.14. The highest BCUT2D eigenvalue weighted by atomic mass is 16.3. The summed E-state index contributed by atoms with van der Waals surface area (Å²) in [6, 6.07) is 3.78. The van der Waals surface area contributed by atoms with Crippen molar-refractivity contribution in [3.8, 4) is 0 Å². The van der Waals surface area contributed by atoms with E-state index in [1.807, 2.05) is 12.1 Å². The van der Waals surface area contributed by atoms with E-state index in [0.29, 0.717) is 30.2 Å². The monoisotopic (exact) mass is 315 g/mol. The molecule has 0 spiro atoms. The van der Waals surface area contributed by atoms with Gasteiger partial charge in [0.1, 0.15) is 0 Å². The standard InChI is InChI=1S/C19H29N3O/c1-3-5-16(20)14-9-11-19(23,12-10-14)15-7-8-18(22-13-15)17(21)6-4-2/h7-8,13-14,20-21,23H,3-6,9-12H2,1-2H3. The first-order valence-electron chi connectivity index (χ1n) is 8.84. The molecule has 0 saturated heterocycles. The summed E-state index contributed by atoms with van der Waals surface area (Å²) in [5, 5.41) is 27.0. The average molecular weight is 315 g/mol. The maximum absolute atomic E-state index is 10.9. The summed E-state index contributed by atoms with van der Waals surface area (Å²) in [5.74, 6) is 0.334. The fraction of sp³-hybridized carbons (Fsp3) is 0.632. The summed E-state index contributed by atoms with van der Waals surface area (Å²) in [6.45, 7) is 4.16. The van der Waals surface area contributed by atoms with E-state index in [0.717, 1.165) is 49.8 Å². The lowest BCUT2D eigenvalue weighted by Gasteiger charge is -2.36. The summed E-state index contributed by atoms with van der Waals surface area (Å²) >= 11 is 0. The predicted octanol–water partition coefficient (Wildman–Crippen LogP) is 4.45. The normalized spacial score (nSPS) is 24.4. The highest BCUT2D eigenvalue weighted by molar-refractivity contribution is 5.96. The Morgan fingerprint density at radius 3 is 2.35 bits per heavy atom. The second-order valence-corrected chi connectivity index (χ2v) is 6.74. The molecule has 1 saturated carbocycles. The van der Waals surface area contributed by atoms with Crippen molar-refractivity contribution >= 4 is 11.4 Å². The molecule has 0 radical (unpaired) electrons. The van der Waals surface area contributed by atoms with Crippen LogP contribution in [0.5, 0.6) is 0 Å². The van der Waals surface area contributed by atoms with E-state index in [4.69, 9.17) is 10.8 Å². The molecule has 4 heteroatoms. The SMILES string of the molecule is CCCC(=N)c1ccc(C2(O)CCC(C(=N)CCC)CC2)cn1. The van der Waals surface area contributed by atoms with Crippen molar-refractivity contribution in [1.29, 1.82) is 10.8 Å². The Morgan fingerprint density at radius 1 is 1.17 bits per heavy atom. The highest BCUT2D eigenvalue weighted by Crippen LogP contribution is 2.40. The molecule has 1 aromatic rings. The molecule has 1 fully saturated rings. The van der Waals surface area contributed by atoms with Gasteiger partial charge in [0.05, 0.1) is 17.0 Å². The molecule has 126 valence electrons. The number of aromatic nitrogens is 1. The average Bonchev–Trinajstić information content (AvgIpc) is 2.56. The molecule has 0 aliphatic heterocycles. The second-order valence-electron chi connectivity index (χ2n) is 6.74. The maximum Gasteiger partial charge on any atom is 0.0911 e. The van der Waals surface area contributed by atoms with E-state index in [1.54, 1.807) is 6.20 Å². The molecule has 0 aromatic carbocycles. The number of nitrogens with one attached hydrogen (secondary N) is 2. The van der Waals surface area contributed by atoms with Crippen LogP contribution in [-0.2, 0) is 5.60 Å². The van der Waals surface area contributed by atoms with Gasteiger partial charge in [-0.3, -0.25) is 4.98 Å². The van der Waals surface area contributed by atoms with Gasteiger partial charge in [-0.05, 0) is 50.5 Å². The van der Waals surface area contributed by atoms with Gasteiger partial charge in [0.25, 0.3) is 0 Å². The van der Waals surface area contributed by atoms with Crippen LogP contribution in [-0.4, -0.2) is 21.5 Å². The van der Waals surface area contributed by atoms with Crippen LogP contribution in [0.15, 0.2) is 18.3 Å². The molecule has 2 rings (SSSR count). The van der Waals surface area contributed by atoms with Gasteiger partial charge in [0, 0.05) is 17.5 Å². The number of nitrogens with zero attached hydrogens (tertiary/aromatic N) is 1. The molecule has 1 aromatic heterocycles. The first kappa shape index (κ1) is 17.8. The molecule has 1 aliphatic rings. The zero-order valence-electron chi connectivity index (χ0n) is 14.4. The van der Waals surface area contributed by atoms with Gasteiger partial charge in [-0.15, -0.1) is 0 Å². The number of rotatable bonds is 7. The zero-order chi connectivity index (χ0) is 16.9. The van der Waals surface area contributed by atoms with E-state index in [-0.39, 0.29) is 0 Å². The third-order valence-corrected chi connectivity index (χ3v) is 4.93. The molecule has 23 heavy (non-hydrogen) atoms. The third kappa shape index (κ3) is 4.25. The molecule has 0 amide bonds. The Labute approximate surface area is 139 Å². The van der Waals surface area contributed by atoms with Gasteiger partial charge in [-0.2, -0.15) is 0 Å². The lowest BCUT2D eigenvalue weighted by molar-refractivity contribution is -0.00745. The van der Waals surface area contributed by atoms with E-state index in [2.05, 4.69) is 18.8 Å². The van der Waals surface area contributed by atoms with Crippen LogP contribution in [0, 0.1) is 16.7 Å². The highest BCUT2D eigenvalue weighted by Gasteiger charge is 2.36. The minimum absolute atomic E-state index is 0.334. The Balaban J connectivity index is 2.02. The quantitative estimate of drug-likeness (QED) is 0.650. The Hall–Kier alpha value is -1.55. The van der Waals surface area contributed by atoms with Crippen LogP contribution >= 0.6 is 0 Å². The van der Waals surface area contributed by atoms with Crippen molar-refractivity contribution in [2.24, 2.45) is 5.92 Å². The fourth-order valence-electron chi connectivity index (χ4n) is 3.43. The van der Waals surface area contributed by atoms with Gasteiger partial charge in [-0.1, -0.05) is 32.8 Å². The van der Waals surface area contributed by atoms with Crippen LogP contribution in [0.4, 0.5) is 0 Å². The first-order valence-corrected chi connectivity index (χ1v) is 8.84. The lowest BCUT2D eigenvalue weighted by atomic mass is 9.73. The number of aliphatic hydroxyl groups is 1. The van der Waals surface area contributed by atoms with Crippen molar-refractivity contribution < 1.29 is 5.11 Å². The Kier molecular flexibility index (Phi) is 6.05. The minimum Gasteiger partial charge on any atom is -0.385 e. The van der Waals surface area contributed by atoms with E-state index in [1.165, 1.54) is 0 Å². The molecule has 4 nitrogen and oxygen atoms in total. The number of hydrogen-bond donors (Lipinski definition) is 3. The summed E-state index contributed by atoms with van der Waals surface area (Å²) in [6.07, 6.45) is 8.44. The molecule has 0 atom stereocenters. The third-order valence-electron chi connectivity index (χ3n) is 4.93. The van der Waals surface area contributed by atoms with Crippen molar-refractivity contribution in [3.05, 3.63) is 29.6 Å². The van der Waals surface area contributed by atoms with Crippen molar-refractivity contribution in [2.45, 2.75) is 70.8 Å². The number of hydrogen-bond acceptors (Lipinski definition) is 4. The summed E-state index contributed by atoms with van der Waals surface area (Å²) < 4.78 is 0. The summed E-state index contributed by atoms with van der Waals surface area (Å²) in [7, 11) is 0. The van der Waals surface area contributed by atoms with Crippen molar-refractivity contribution in [2.75, 3.05) is 0 Å². The Morgan fingerprint density at radius 2 is 1.83 bits per heavy atom. The molecule has 0 bridgehead atoms. The van der Waals surface area contributed by atoms with E-state index in [9.17, 15) is 5.11 Å². The fourth-order valence-corrected chi connectivity index (χ4v) is 3.43. The van der Waals surface area contributed by atoms with Crippen LogP contribution in [0.2, 0.25) is 0 Å². The van der Waals surface area contributed by atoms with Crippen LogP contribution in [0.25, 0.3) is 0 Å². The Bertz CT molecular complexity index is 542. The minimum atomic E-state index is -0.818. The lowest BCUT2D eigenvalue weighted by Crippen LogP contribution is -2.33. The smallest absolute Gasteiger partial charge is 0.0911 e. The predicted molar refractivity (Wildman–Crippen MR) is 94.5 cm³/mol. The number of pyridine rings is 1. The molecule has 3 N–H and O–H groups in total. The molecule has 0 unspecified atom stereocenters. The van der Waals surface area contributed by atoms with Crippen LogP contribution in [0.3, 0.4) is 0 Å². The van der Waals surface area contributed by atoms with E-state index < -0.39 is 5.60 Å². The van der Waals surface area contributed by atoms with Crippen molar-refractivity contribution in [1.82, 2.24) is 4.98 Å². The van der Waals surface area contributed by atoms with Gasteiger partial charge in [0.2, 0.25) is 0 Å². The molecule has 1 heterocycles. The van der Waals surface area contributed by atoms with Crippen LogP contribution in [0.1, 0.15) is 76.5 Å². The molecule has 1 aliphatic carbocycles. The largest absolute Gasteiger partial charge is 0.385 e. The van der Waals surface area contributed by atoms with Gasteiger partial charge < -0.3 is 15.9 Å².